The van der Waals surface area contributed by atoms with Crippen LogP contribution < -0.4 is 0 Å². The predicted octanol–water partition coefficient (Wildman–Crippen LogP) is 5.53. The van der Waals surface area contributed by atoms with E-state index >= 15 is 0 Å². The molecule has 0 spiro atoms. The van der Waals surface area contributed by atoms with Gasteiger partial charge < -0.3 is 51.8 Å². The Bertz CT molecular complexity index is 594. The van der Waals surface area contributed by atoms with Crippen molar-refractivity contribution in [2.45, 2.75) is 84.4 Å². The molecule has 0 aromatic rings. The summed E-state index contributed by atoms with van der Waals surface area (Å²) in [5.41, 5.74) is 0. The Hall–Kier alpha value is -0.223. The lowest BCUT2D eigenvalue weighted by atomic mass is 10.1. The Kier molecular flexibility index (Phi) is 34.5. The first kappa shape index (κ1) is 45.8. The topological polar surface area (TPSA) is 102 Å². The van der Waals surface area contributed by atoms with Crippen LogP contribution in [0.3, 0.4) is 0 Å². The minimum absolute atomic E-state index is 0.220. The number of hydrogen-bond acceptors (Lipinski definition) is 11. The predicted molar refractivity (Wildman–Crippen MR) is 185 cm³/mol. The molecule has 0 atom stereocenters. The molecular weight excluding hydrogens is 612 g/mol. The van der Waals surface area contributed by atoms with Crippen molar-refractivity contribution in [1.29, 1.82) is 0 Å². The van der Waals surface area contributed by atoms with E-state index in [1.54, 1.807) is 0 Å². The zero-order valence-corrected chi connectivity index (χ0v) is 31.6. The van der Waals surface area contributed by atoms with Gasteiger partial charge in [-0.2, -0.15) is 0 Å². The van der Waals surface area contributed by atoms with Crippen LogP contribution in [0.25, 0.3) is 0 Å². The van der Waals surface area contributed by atoms with E-state index < -0.39 is 8.32 Å². The molecule has 278 valence electrons. The third kappa shape index (κ3) is 33.7. The van der Waals surface area contributed by atoms with Gasteiger partial charge in [0.05, 0.1) is 132 Å². The van der Waals surface area contributed by atoms with Crippen molar-refractivity contribution in [2.24, 2.45) is 0 Å². The van der Waals surface area contributed by atoms with Crippen LogP contribution in [0.1, 0.15) is 66.2 Å². The first-order chi connectivity index (χ1) is 22.3. The van der Waals surface area contributed by atoms with E-state index in [1.165, 1.54) is 32.1 Å². The van der Waals surface area contributed by atoms with E-state index in [9.17, 15) is 0 Å². The number of unbranched alkanes of at least 4 members (excludes halogenated alkanes) is 5. The fraction of sp³-hybridized carbons (Fsp3) is 1.00. The van der Waals surface area contributed by atoms with E-state index in [0.29, 0.717) is 132 Å². The number of ether oxygens (including phenoxy) is 10. The normalized spacial score (nSPS) is 12.4. The average Bonchev–Trinajstić information content (AvgIpc) is 3.02. The minimum Gasteiger partial charge on any atom is -0.414 e. The molecule has 0 saturated carbocycles. The lowest BCUT2D eigenvalue weighted by molar-refractivity contribution is -0.0267. The molecule has 0 bridgehead atoms. The van der Waals surface area contributed by atoms with Crippen molar-refractivity contribution in [3.63, 3.8) is 0 Å². The zero-order chi connectivity index (χ0) is 33.9. The lowest BCUT2D eigenvalue weighted by Crippen LogP contribution is -2.41. The second-order valence-corrected chi connectivity index (χ2v) is 17.3. The van der Waals surface area contributed by atoms with Crippen molar-refractivity contribution >= 4 is 8.32 Å². The largest absolute Gasteiger partial charge is 0.414 e. The van der Waals surface area contributed by atoms with Crippen LogP contribution in [-0.2, 0) is 51.8 Å². The molecule has 0 fully saturated rings. The maximum Gasteiger partial charge on any atom is 0.192 e. The first-order valence-electron chi connectivity index (χ1n) is 17.7. The molecule has 0 saturated heterocycles. The summed E-state index contributed by atoms with van der Waals surface area (Å²) in [5, 5.41) is 0.220. The summed E-state index contributed by atoms with van der Waals surface area (Å²) in [6.45, 7) is 25.4. The fourth-order valence-electron chi connectivity index (χ4n) is 3.64. The van der Waals surface area contributed by atoms with Crippen molar-refractivity contribution in [3.05, 3.63) is 0 Å². The summed E-state index contributed by atoms with van der Waals surface area (Å²) < 4.78 is 61.3. The van der Waals surface area contributed by atoms with Crippen molar-refractivity contribution in [1.82, 2.24) is 0 Å². The summed E-state index contributed by atoms with van der Waals surface area (Å²) in [5.74, 6) is 0. The van der Waals surface area contributed by atoms with E-state index in [1.807, 2.05) is 0 Å². The molecule has 12 heteroatoms. The molecule has 0 unspecified atom stereocenters. The van der Waals surface area contributed by atoms with Crippen LogP contribution in [-0.4, -0.2) is 147 Å². The van der Waals surface area contributed by atoms with E-state index in [-0.39, 0.29) is 5.04 Å². The Morgan fingerprint density at radius 1 is 0.326 bits per heavy atom. The van der Waals surface area contributed by atoms with Gasteiger partial charge in [0.1, 0.15) is 0 Å². The summed E-state index contributed by atoms with van der Waals surface area (Å²) >= 11 is 0. The average molecular weight is 685 g/mol. The van der Waals surface area contributed by atoms with Gasteiger partial charge in [0.25, 0.3) is 0 Å². The van der Waals surface area contributed by atoms with Crippen molar-refractivity contribution in [2.75, 3.05) is 139 Å². The fourth-order valence-corrected chi connectivity index (χ4v) is 4.66. The molecular formula is C34H72O11Si. The van der Waals surface area contributed by atoms with E-state index in [4.69, 9.17) is 51.8 Å². The van der Waals surface area contributed by atoms with E-state index in [0.717, 1.165) is 13.0 Å². The number of hydrogen-bond donors (Lipinski definition) is 0. The Morgan fingerprint density at radius 3 is 0.848 bits per heavy atom. The monoisotopic (exact) mass is 684 g/mol. The van der Waals surface area contributed by atoms with Crippen LogP contribution in [0.2, 0.25) is 18.1 Å². The van der Waals surface area contributed by atoms with Gasteiger partial charge in [-0.05, 0) is 24.6 Å². The summed E-state index contributed by atoms with van der Waals surface area (Å²) in [6, 6.07) is 0. The molecule has 0 aliphatic heterocycles. The van der Waals surface area contributed by atoms with Gasteiger partial charge in [-0.3, -0.25) is 0 Å². The molecule has 0 aromatic heterocycles. The lowest BCUT2D eigenvalue weighted by Gasteiger charge is -2.36. The summed E-state index contributed by atoms with van der Waals surface area (Å²) in [4.78, 5) is 0. The first-order valence-corrected chi connectivity index (χ1v) is 20.6. The van der Waals surface area contributed by atoms with Crippen LogP contribution in [0.4, 0.5) is 0 Å². The quantitative estimate of drug-likeness (QED) is 0.0606. The zero-order valence-electron chi connectivity index (χ0n) is 30.6. The molecule has 0 radical (unpaired) electrons. The molecule has 0 aromatic carbocycles. The van der Waals surface area contributed by atoms with Gasteiger partial charge in [0, 0.05) is 6.61 Å². The highest BCUT2D eigenvalue weighted by atomic mass is 28.4. The van der Waals surface area contributed by atoms with Gasteiger partial charge in [-0.15, -0.1) is 0 Å². The maximum atomic E-state index is 6.08. The summed E-state index contributed by atoms with van der Waals surface area (Å²) in [6.07, 6.45) is 7.69. The Balaban J connectivity index is 3.11. The standard InChI is InChI=1S/C34H72O11Si/c1-7-8-9-10-11-12-13-35-14-15-36-16-17-37-18-19-38-20-21-39-22-23-40-24-25-41-26-27-42-28-29-43-30-31-44-32-33-45-46(5,6)34(2,3)4/h7-33H2,1-6H3. The van der Waals surface area contributed by atoms with Gasteiger partial charge in [0.2, 0.25) is 0 Å². The molecule has 0 heterocycles. The van der Waals surface area contributed by atoms with Crippen molar-refractivity contribution in [3.8, 4) is 0 Å². The third-order valence-corrected chi connectivity index (χ3v) is 12.0. The molecule has 0 N–H and O–H groups in total. The summed E-state index contributed by atoms with van der Waals surface area (Å²) in [7, 11) is -1.69. The van der Waals surface area contributed by atoms with Gasteiger partial charge in [-0.25, -0.2) is 0 Å². The maximum absolute atomic E-state index is 6.08. The molecule has 0 aliphatic carbocycles. The number of rotatable bonds is 38. The van der Waals surface area contributed by atoms with Gasteiger partial charge >= 0.3 is 0 Å². The third-order valence-electron chi connectivity index (χ3n) is 7.49. The molecule has 11 nitrogen and oxygen atoms in total. The smallest absolute Gasteiger partial charge is 0.192 e. The van der Waals surface area contributed by atoms with E-state index in [2.05, 4.69) is 40.8 Å². The second kappa shape index (κ2) is 34.6. The minimum atomic E-state index is -1.69. The Morgan fingerprint density at radius 2 is 0.565 bits per heavy atom. The molecule has 46 heavy (non-hydrogen) atoms. The van der Waals surface area contributed by atoms with Crippen molar-refractivity contribution < 1.29 is 51.8 Å². The van der Waals surface area contributed by atoms with Crippen LogP contribution in [0.5, 0.6) is 0 Å². The van der Waals surface area contributed by atoms with Gasteiger partial charge in [0.15, 0.2) is 8.32 Å². The molecule has 0 aliphatic rings. The highest BCUT2D eigenvalue weighted by molar-refractivity contribution is 6.74. The van der Waals surface area contributed by atoms with Gasteiger partial charge in [-0.1, -0.05) is 59.8 Å². The van der Waals surface area contributed by atoms with Crippen LogP contribution >= 0.6 is 0 Å². The highest BCUT2D eigenvalue weighted by Gasteiger charge is 2.36. The highest BCUT2D eigenvalue weighted by Crippen LogP contribution is 2.36. The van der Waals surface area contributed by atoms with Crippen LogP contribution in [0.15, 0.2) is 0 Å². The second-order valence-electron chi connectivity index (χ2n) is 12.5. The SMILES string of the molecule is CCCCCCCCOCCOCCOCCOCCOCCOCCOCCOCCOCCOCCO[Si](C)(C)C(C)(C)C. The molecule has 0 rings (SSSR count). The molecule has 0 amide bonds. The van der Waals surface area contributed by atoms with Crippen LogP contribution in [0, 0.1) is 0 Å². The Labute approximate surface area is 283 Å².